The van der Waals surface area contributed by atoms with Gasteiger partial charge in [0.2, 0.25) is 0 Å². The summed E-state index contributed by atoms with van der Waals surface area (Å²) in [6.45, 7) is 14.9. The van der Waals surface area contributed by atoms with Gasteiger partial charge in [-0.25, -0.2) is 0 Å². The van der Waals surface area contributed by atoms with Crippen molar-refractivity contribution in [3.63, 3.8) is 0 Å². The van der Waals surface area contributed by atoms with Crippen LogP contribution in [-0.4, -0.2) is 0 Å². The molecule has 0 aromatic carbocycles. The maximum Gasteiger partial charge on any atom is -0.0241 e. The van der Waals surface area contributed by atoms with Gasteiger partial charge in [0.1, 0.15) is 0 Å². The van der Waals surface area contributed by atoms with Crippen molar-refractivity contribution in [2.45, 2.75) is 54.4 Å². The molecule has 0 aliphatic heterocycles. The maximum absolute atomic E-state index is 2.52. The minimum absolute atomic E-state index is 0.565. The largest absolute Gasteiger partial charge is 0.0614 e. The Labute approximate surface area is 83.1 Å². The third-order valence-corrected chi connectivity index (χ3v) is 6.27. The first-order chi connectivity index (χ1) is 5.74. The number of hydrogen-bond acceptors (Lipinski definition) is 0. The van der Waals surface area contributed by atoms with Crippen LogP contribution in [0.1, 0.15) is 54.4 Å². The molecule has 2 bridgehead atoms. The fourth-order valence-corrected chi connectivity index (χ4v) is 4.72. The standard InChI is InChI=1S/C13H24/c1-9-11(2,3)10-7-8-13(9,6)12(10,4)5/h9-10H,7-8H2,1-6H3. The van der Waals surface area contributed by atoms with Gasteiger partial charge in [-0.05, 0) is 40.9 Å². The summed E-state index contributed by atoms with van der Waals surface area (Å²) >= 11 is 0. The maximum atomic E-state index is 2.52. The molecule has 0 heteroatoms. The highest BCUT2D eigenvalue weighted by molar-refractivity contribution is 5.15. The fourth-order valence-electron chi connectivity index (χ4n) is 4.72. The molecule has 0 nitrogen and oxygen atoms in total. The molecule has 2 saturated carbocycles. The molecule has 0 aromatic rings. The van der Waals surface area contributed by atoms with Crippen LogP contribution in [0.4, 0.5) is 0 Å². The first kappa shape index (κ1) is 9.55. The van der Waals surface area contributed by atoms with Gasteiger partial charge in [-0.2, -0.15) is 0 Å². The SMILES string of the molecule is CC1C(C)(C)C2CCC1(C)C2(C)C. The summed E-state index contributed by atoms with van der Waals surface area (Å²) in [6, 6.07) is 0. The Morgan fingerprint density at radius 3 is 1.77 bits per heavy atom. The van der Waals surface area contributed by atoms with Crippen molar-refractivity contribution in [2.24, 2.45) is 28.1 Å². The highest BCUT2D eigenvalue weighted by Crippen LogP contribution is 2.74. The zero-order valence-electron chi connectivity index (χ0n) is 10.1. The van der Waals surface area contributed by atoms with Gasteiger partial charge in [0.15, 0.2) is 0 Å². The molecular weight excluding hydrogens is 156 g/mol. The lowest BCUT2D eigenvalue weighted by Gasteiger charge is -2.41. The highest BCUT2D eigenvalue weighted by atomic mass is 14.7. The van der Waals surface area contributed by atoms with Crippen LogP contribution >= 0.6 is 0 Å². The second-order valence-corrected chi connectivity index (χ2v) is 6.77. The summed E-state index contributed by atoms with van der Waals surface area (Å²) in [5.41, 5.74) is 1.73. The molecule has 0 saturated heterocycles. The first-order valence-electron chi connectivity index (χ1n) is 5.74. The number of fused-ring (bicyclic) bond motifs is 2. The Hall–Kier alpha value is 0. The quantitative estimate of drug-likeness (QED) is 0.526. The van der Waals surface area contributed by atoms with Crippen molar-refractivity contribution in [1.29, 1.82) is 0 Å². The molecule has 0 aromatic heterocycles. The van der Waals surface area contributed by atoms with E-state index in [1.54, 1.807) is 0 Å². The molecular formula is C13H24. The van der Waals surface area contributed by atoms with Crippen LogP contribution in [0.5, 0.6) is 0 Å². The van der Waals surface area contributed by atoms with Crippen molar-refractivity contribution in [3.05, 3.63) is 0 Å². The first-order valence-corrected chi connectivity index (χ1v) is 5.74. The smallest absolute Gasteiger partial charge is 0.0241 e. The molecule has 76 valence electrons. The summed E-state index contributed by atoms with van der Waals surface area (Å²) in [5.74, 6) is 1.83. The molecule has 2 rings (SSSR count). The summed E-state index contributed by atoms with van der Waals surface area (Å²) in [4.78, 5) is 0. The summed E-state index contributed by atoms with van der Waals surface area (Å²) in [6.07, 6.45) is 2.91. The summed E-state index contributed by atoms with van der Waals surface area (Å²) in [7, 11) is 0. The lowest BCUT2D eigenvalue weighted by molar-refractivity contribution is 0.0797. The summed E-state index contributed by atoms with van der Waals surface area (Å²) in [5, 5.41) is 0. The molecule has 3 unspecified atom stereocenters. The molecule has 2 aliphatic carbocycles. The third kappa shape index (κ3) is 0.789. The van der Waals surface area contributed by atoms with Gasteiger partial charge in [0.25, 0.3) is 0 Å². The van der Waals surface area contributed by atoms with Crippen LogP contribution in [0, 0.1) is 28.1 Å². The van der Waals surface area contributed by atoms with Gasteiger partial charge >= 0.3 is 0 Å². The van der Waals surface area contributed by atoms with Crippen LogP contribution < -0.4 is 0 Å². The van der Waals surface area contributed by atoms with Gasteiger partial charge in [0.05, 0.1) is 0 Å². The summed E-state index contributed by atoms with van der Waals surface area (Å²) < 4.78 is 0. The Balaban J connectivity index is 2.51. The van der Waals surface area contributed by atoms with Crippen molar-refractivity contribution >= 4 is 0 Å². The molecule has 0 radical (unpaired) electrons. The molecule has 13 heavy (non-hydrogen) atoms. The molecule has 3 atom stereocenters. The predicted molar refractivity (Wildman–Crippen MR) is 57.6 cm³/mol. The average Bonchev–Trinajstić information content (AvgIpc) is 2.26. The van der Waals surface area contributed by atoms with E-state index in [2.05, 4.69) is 41.5 Å². The minimum atomic E-state index is 0.565. The van der Waals surface area contributed by atoms with Gasteiger partial charge in [-0.3, -0.25) is 0 Å². The van der Waals surface area contributed by atoms with E-state index in [9.17, 15) is 0 Å². The van der Waals surface area contributed by atoms with E-state index in [1.165, 1.54) is 12.8 Å². The van der Waals surface area contributed by atoms with Crippen LogP contribution in [-0.2, 0) is 0 Å². The Morgan fingerprint density at radius 1 is 1.00 bits per heavy atom. The van der Waals surface area contributed by atoms with Crippen LogP contribution in [0.25, 0.3) is 0 Å². The number of rotatable bonds is 0. The third-order valence-electron chi connectivity index (χ3n) is 6.27. The second kappa shape index (κ2) is 2.15. The second-order valence-electron chi connectivity index (χ2n) is 6.77. The average molecular weight is 180 g/mol. The lowest BCUT2D eigenvalue weighted by atomic mass is 9.64. The van der Waals surface area contributed by atoms with Crippen LogP contribution in [0.15, 0.2) is 0 Å². The normalized spacial score (nSPS) is 51.2. The van der Waals surface area contributed by atoms with Gasteiger partial charge in [-0.1, -0.05) is 41.5 Å². The van der Waals surface area contributed by atoms with E-state index in [-0.39, 0.29) is 0 Å². The zero-order valence-corrected chi connectivity index (χ0v) is 10.1. The van der Waals surface area contributed by atoms with Gasteiger partial charge in [0, 0.05) is 0 Å². The van der Waals surface area contributed by atoms with Gasteiger partial charge in [-0.15, -0.1) is 0 Å². The van der Waals surface area contributed by atoms with Gasteiger partial charge < -0.3 is 0 Å². The highest BCUT2D eigenvalue weighted by Gasteiger charge is 2.67. The Kier molecular flexibility index (Phi) is 1.58. The van der Waals surface area contributed by atoms with E-state index in [4.69, 9.17) is 0 Å². The predicted octanol–water partition coefficient (Wildman–Crippen LogP) is 4.10. The van der Waals surface area contributed by atoms with Crippen molar-refractivity contribution < 1.29 is 0 Å². The molecule has 0 amide bonds. The molecule has 2 fully saturated rings. The topological polar surface area (TPSA) is 0 Å². The number of hydrogen-bond donors (Lipinski definition) is 0. The molecule has 2 aliphatic rings. The fraction of sp³-hybridized carbons (Fsp3) is 1.00. The zero-order chi connectivity index (χ0) is 10.1. The Bertz CT molecular complexity index is 236. The van der Waals surface area contributed by atoms with Crippen molar-refractivity contribution in [2.75, 3.05) is 0 Å². The van der Waals surface area contributed by atoms with E-state index in [0.717, 1.165) is 11.8 Å². The minimum Gasteiger partial charge on any atom is -0.0614 e. The molecule has 0 spiro atoms. The van der Waals surface area contributed by atoms with E-state index >= 15 is 0 Å². The Morgan fingerprint density at radius 2 is 1.54 bits per heavy atom. The van der Waals surface area contributed by atoms with Crippen molar-refractivity contribution in [1.82, 2.24) is 0 Å². The van der Waals surface area contributed by atoms with Crippen LogP contribution in [0.2, 0.25) is 0 Å². The van der Waals surface area contributed by atoms with Crippen molar-refractivity contribution in [3.8, 4) is 0 Å². The van der Waals surface area contributed by atoms with E-state index in [0.29, 0.717) is 16.2 Å². The van der Waals surface area contributed by atoms with Crippen LogP contribution in [0.3, 0.4) is 0 Å². The van der Waals surface area contributed by atoms with E-state index in [1.807, 2.05) is 0 Å². The molecule has 0 heterocycles. The monoisotopic (exact) mass is 180 g/mol. The molecule has 0 N–H and O–H groups in total. The van der Waals surface area contributed by atoms with E-state index < -0.39 is 0 Å². The lowest BCUT2D eigenvalue weighted by Crippen LogP contribution is -2.33.